The van der Waals surface area contributed by atoms with Crippen LogP contribution in [0.4, 0.5) is 4.39 Å². The summed E-state index contributed by atoms with van der Waals surface area (Å²) in [4.78, 5) is 3.98. The third-order valence-electron chi connectivity index (χ3n) is 2.29. The SMILES string of the molecule is CCC(O)c1noc(-c2ccc(Cl)c(F)c2)n1. The van der Waals surface area contributed by atoms with Gasteiger partial charge in [0.05, 0.1) is 5.02 Å². The Morgan fingerprint density at radius 2 is 2.29 bits per heavy atom. The van der Waals surface area contributed by atoms with Crippen molar-refractivity contribution in [1.29, 1.82) is 0 Å². The van der Waals surface area contributed by atoms with Crippen LogP contribution in [0.25, 0.3) is 11.5 Å². The Morgan fingerprint density at radius 1 is 1.53 bits per heavy atom. The van der Waals surface area contributed by atoms with Crippen molar-refractivity contribution >= 4 is 11.6 Å². The molecule has 0 amide bonds. The highest BCUT2D eigenvalue weighted by Crippen LogP contribution is 2.24. The fraction of sp³-hybridized carbons (Fsp3) is 0.273. The second kappa shape index (κ2) is 4.81. The lowest BCUT2D eigenvalue weighted by atomic mass is 10.2. The fourth-order valence-electron chi connectivity index (χ4n) is 1.30. The van der Waals surface area contributed by atoms with Crippen LogP contribution in [0.2, 0.25) is 5.02 Å². The molecule has 0 radical (unpaired) electrons. The zero-order valence-electron chi connectivity index (χ0n) is 9.02. The number of aliphatic hydroxyl groups excluding tert-OH is 1. The van der Waals surface area contributed by atoms with Crippen molar-refractivity contribution in [3.05, 3.63) is 34.9 Å². The summed E-state index contributed by atoms with van der Waals surface area (Å²) in [7, 11) is 0. The number of hydrogen-bond donors (Lipinski definition) is 1. The van der Waals surface area contributed by atoms with Crippen molar-refractivity contribution in [3.8, 4) is 11.5 Å². The second-order valence-electron chi connectivity index (χ2n) is 3.51. The quantitative estimate of drug-likeness (QED) is 0.917. The third-order valence-corrected chi connectivity index (χ3v) is 2.60. The predicted molar refractivity (Wildman–Crippen MR) is 60.0 cm³/mol. The zero-order chi connectivity index (χ0) is 12.4. The highest BCUT2D eigenvalue weighted by Gasteiger charge is 2.15. The molecule has 0 bridgehead atoms. The van der Waals surface area contributed by atoms with Crippen LogP contribution in [0.5, 0.6) is 0 Å². The molecule has 2 rings (SSSR count). The largest absolute Gasteiger partial charge is 0.385 e. The molecule has 0 aliphatic heterocycles. The van der Waals surface area contributed by atoms with E-state index in [4.69, 9.17) is 16.1 Å². The Balaban J connectivity index is 2.33. The van der Waals surface area contributed by atoms with E-state index < -0.39 is 11.9 Å². The Morgan fingerprint density at radius 3 is 2.94 bits per heavy atom. The van der Waals surface area contributed by atoms with Crippen molar-refractivity contribution in [2.24, 2.45) is 0 Å². The van der Waals surface area contributed by atoms with Crippen molar-refractivity contribution in [2.45, 2.75) is 19.4 Å². The van der Waals surface area contributed by atoms with Gasteiger partial charge >= 0.3 is 0 Å². The van der Waals surface area contributed by atoms with Gasteiger partial charge in [-0.3, -0.25) is 0 Å². The molecule has 2 aromatic rings. The number of aliphatic hydroxyl groups is 1. The van der Waals surface area contributed by atoms with Crippen LogP contribution in [0, 0.1) is 5.82 Å². The monoisotopic (exact) mass is 256 g/mol. The molecule has 0 aliphatic rings. The predicted octanol–water partition coefficient (Wildman–Crippen LogP) is 2.97. The van der Waals surface area contributed by atoms with Gasteiger partial charge in [0.25, 0.3) is 5.89 Å². The number of hydrogen-bond acceptors (Lipinski definition) is 4. The van der Waals surface area contributed by atoms with E-state index in [0.29, 0.717) is 12.0 Å². The minimum absolute atomic E-state index is 0.0297. The molecule has 1 aromatic heterocycles. The molecule has 0 fully saturated rings. The molecular weight excluding hydrogens is 247 g/mol. The average Bonchev–Trinajstić information content (AvgIpc) is 2.81. The fourth-order valence-corrected chi connectivity index (χ4v) is 1.42. The number of benzene rings is 1. The van der Waals surface area contributed by atoms with Gasteiger partial charge in [-0.1, -0.05) is 23.7 Å². The molecule has 4 nitrogen and oxygen atoms in total. The standard InChI is InChI=1S/C11H10ClFN2O2/c1-2-9(16)10-14-11(17-15-10)6-3-4-7(12)8(13)5-6/h3-5,9,16H,2H2,1H3. The lowest BCUT2D eigenvalue weighted by molar-refractivity contribution is 0.159. The van der Waals surface area contributed by atoms with Crippen molar-refractivity contribution in [2.75, 3.05) is 0 Å². The molecule has 0 aliphatic carbocycles. The number of aromatic nitrogens is 2. The average molecular weight is 257 g/mol. The number of halogens is 2. The summed E-state index contributed by atoms with van der Waals surface area (Å²) in [6, 6.07) is 4.19. The van der Waals surface area contributed by atoms with E-state index in [-0.39, 0.29) is 16.7 Å². The number of nitrogens with zero attached hydrogens (tertiary/aromatic N) is 2. The van der Waals surface area contributed by atoms with Gasteiger partial charge in [0.2, 0.25) is 5.82 Å². The van der Waals surface area contributed by atoms with Crippen molar-refractivity contribution < 1.29 is 14.0 Å². The molecular formula is C11H10ClFN2O2. The van der Waals surface area contributed by atoms with Crippen LogP contribution in [-0.4, -0.2) is 15.2 Å². The van der Waals surface area contributed by atoms with Crippen LogP contribution < -0.4 is 0 Å². The Bertz CT molecular complexity index is 530. The van der Waals surface area contributed by atoms with Crippen LogP contribution >= 0.6 is 11.6 Å². The van der Waals surface area contributed by atoms with Gasteiger partial charge in [-0.15, -0.1) is 0 Å². The first-order chi connectivity index (χ1) is 8.11. The summed E-state index contributed by atoms with van der Waals surface area (Å²) in [6.45, 7) is 1.79. The van der Waals surface area contributed by atoms with E-state index in [1.807, 2.05) is 0 Å². The molecule has 1 unspecified atom stereocenters. The molecule has 0 saturated carbocycles. The first kappa shape index (κ1) is 12.0. The number of rotatable bonds is 3. The maximum Gasteiger partial charge on any atom is 0.258 e. The van der Waals surface area contributed by atoms with Gasteiger partial charge in [0.15, 0.2) is 0 Å². The van der Waals surface area contributed by atoms with Crippen molar-refractivity contribution in [1.82, 2.24) is 10.1 Å². The highest BCUT2D eigenvalue weighted by atomic mass is 35.5. The molecule has 1 atom stereocenters. The Hall–Kier alpha value is -1.46. The molecule has 0 saturated heterocycles. The van der Waals surface area contributed by atoms with Crippen LogP contribution in [0.1, 0.15) is 25.3 Å². The summed E-state index contributed by atoms with van der Waals surface area (Å²) >= 11 is 5.56. The lowest BCUT2D eigenvalue weighted by Crippen LogP contribution is -1.97. The molecule has 0 spiro atoms. The summed E-state index contributed by atoms with van der Waals surface area (Å²) in [5, 5.41) is 13.2. The molecule has 17 heavy (non-hydrogen) atoms. The normalized spacial score (nSPS) is 12.7. The van der Waals surface area contributed by atoms with E-state index in [0.717, 1.165) is 0 Å². The summed E-state index contributed by atoms with van der Waals surface area (Å²) < 4.78 is 18.2. The third kappa shape index (κ3) is 2.45. The second-order valence-corrected chi connectivity index (χ2v) is 3.92. The van der Waals surface area contributed by atoms with E-state index in [1.54, 1.807) is 13.0 Å². The van der Waals surface area contributed by atoms with Gasteiger partial charge in [0.1, 0.15) is 11.9 Å². The Kier molecular flexibility index (Phi) is 3.40. The first-order valence-electron chi connectivity index (χ1n) is 5.09. The van der Waals surface area contributed by atoms with Gasteiger partial charge in [-0.05, 0) is 24.6 Å². The van der Waals surface area contributed by atoms with Crippen LogP contribution in [-0.2, 0) is 0 Å². The lowest BCUT2D eigenvalue weighted by Gasteiger charge is -1.98. The maximum atomic E-state index is 13.2. The van der Waals surface area contributed by atoms with Gasteiger partial charge < -0.3 is 9.63 Å². The highest BCUT2D eigenvalue weighted by molar-refractivity contribution is 6.30. The van der Waals surface area contributed by atoms with Crippen LogP contribution in [0.3, 0.4) is 0 Å². The zero-order valence-corrected chi connectivity index (χ0v) is 9.78. The van der Waals surface area contributed by atoms with E-state index >= 15 is 0 Å². The molecule has 90 valence electrons. The molecule has 1 N–H and O–H groups in total. The minimum Gasteiger partial charge on any atom is -0.385 e. The summed E-state index contributed by atoms with van der Waals surface area (Å²) in [6.07, 6.45) is -0.293. The summed E-state index contributed by atoms with van der Waals surface area (Å²) in [5.74, 6) is -0.208. The van der Waals surface area contributed by atoms with Crippen molar-refractivity contribution in [3.63, 3.8) is 0 Å². The van der Waals surface area contributed by atoms with E-state index in [9.17, 15) is 9.50 Å². The topological polar surface area (TPSA) is 59.2 Å². The van der Waals surface area contributed by atoms with Gasteiger partial charge in [-0.2, -0.15) is 4.98 Å². The van der Waals surface area contributed by atoms with E-state index in [2.05, 4.69) is 10.1 Å². The van der Waals surface area contributed by atoms with Gasteiger partial charge in [-0.25, -0.2) is 4.39 Å². The Labute approximate surface area is 102 Å². The van der Waals surface area contributed by atoms with Crippen LogP contribution in [0.15, 0.2) is 22.7 Å². The smallest absolute Gasteiger partial charge is 0.258 e. The van der Waals surface area contributed by atoms with Gasteiger partial charge in [0, 0.05) is 5.56 Å². The van der Waals surface area contributed by atoms with E-state index in [1.165, 1.54) is 12.1 Å². The first-order valence-corrected chi connectivity index (χ1v) is 5.46. The summed E-state index contributed by atoms with van der Waals surface area (Å²) in [5.41, 5.74) is 0.425. The molecule has 1 heterocycles. The maximum absolute atomic E-state index is 13.2. The molecule has 1 aromatic carbocycles. The minimum atomic E-state index is -0.773. The molecule has 6 heteroatoms.